The Hall–Kier alpha value is -1.46. The van der Waals surface area contributed by atoms with E-state index in [9.17, 15) is 4.79 Å². The molecule has 0 aromatic carbocycles. The van der Waals surface area contributed by atoms with Crippen molar-refractivity contribution < 1.29 is 9.90 Å². The Kier molecular flexibility index (Phi) is 0.918. The van der Waals surface area contributed by atoms with E-state index >= 15 is 0 Å². The average Bonchev–Trinajstić information content (AvgIpc) is 2.12. The molecule has 0 amide bonds. The molecule has 0 saturated heterocycles. The van der Waals surface area contributed by atoms with Gasteiger partial charge in [0, 0.05) is 0 Å². The van der Waals surface area contributed by atoms with E-state index in [0.717, 1.165) is 6.33 Å². The second-order valence-corrected chi connectivity index (χ2v) is 1.01. The highest BCUT2D eigenvalue weighted by Crippen LogP contribution is 1.69. The van der Waals surface area contributed by atoms with Crippen LogP contribution in [0.25, 0.3) is 0 Å². The molecule has 0 aliphatic heterocycles. The highest BCUT2D eigenvalue weighted by Gasteiger charge is 1.98. The summed E-state index contributed by atoms with van der Waals surface area (Å²) in [5, 5.41) is 17.5. The number of rotatable bonds is 0. The number of hydrogen-bond acceptors (Lipinski definition) is 4. The van der Waals surface area contributed by atoms with Crippen LogP contribution in [0.1, 0.15) is 0 Å². The highest BCUT2D eigenvalue weighted by molar-refractivity contribution is 5.64. The minimum absolute atomic E-state index is 0.472. The Balaban J connectivity index is 2.93. The summed E-state index contributed by atoms with van der Waals surface area (Å²) in [6.45, 7) is 0. The SMILES string of the molecule is O=C(O)n1ncnn1. The van der Waals surface area contributed by atoms with E-state index in [1.54, 1.807) is 0 Å². The first-order chi connectivity index (χ1) is 3.80. The third-order valence-electron chi connectivity index (χ3n) is 0.520. The minimum atomic E-state index is -1.23. The van der Waals surface area contributed by atoms with Gasteiger partial charge in [-0.05, 0) is 5.21 Å². The van der Waals surface area contributed by atoms with Crippen molar-refractivity contribution in [2.45, 2.75) is 0 Å². The monoisotopic (exact) mass is 114 g/mol. The van der Waals surface area contributed by atoms with Gasteiger partial charge in [0.2, 0.25) is 0 Å². The fourth-order valence-corrected chi connectivity index (χ4v) is 0.255. The van der Waals surface area contributed by atoms with Crippen LogP contribution in [-0.4, -0.2) is 31.4 Å². The van der Waals surface area contributed by atoms with Crippen molar-refractivity contribution in [1.29, 1.82) is 0 Å². The van der Waals surface area contributed by atoms with Crippen molar-refractivity contribution in [2.24, 2.45) is 0 Å². The molecule has 6 heteroatoms. The van der Waals surface area contributed by atoms with E-state index in [1.807, 2.05) is 0 Å². The fraction of sp³-hybridized carbons (Fsp3) is 0. The first-order valence-corrected chi connectivity index (χ1v) is 1.77. The number of carbonyl (C=O) groups is 1. The summed E-state index contributed by atoms with van der Waals surface area (Å²) >= 11 is 0. The Morgan fingerprint density at radius 2 is 2.50 bits per heavy atom. The van der Waals surface area contributed by atoms with Gasteiger partial charge in [-0.15, -0.1) is 10.2 Å². The molecule has 0 atom stereocenters. The summed E-state index contributed by atoms with van der Waals surface area (Å²) in [5.41, 5.74) is 0. The van der Waals surface area contributed by atoms with Crippen LogP contribution < -0.4 is 0 Å². The normalized spacial score (nSPS) is 9.00. The average molecular weight is 114 g/mol. The van der Waals surface area contributed by atoms with Crippen molar-refractivity contribution in [3.63, 3.8) is 0 Å². The lowest BCUT2D eigenvalue weighted by atomic mass is 11.2. The first kappa shape index (κ1) is 4.69. The lowest BCUT2D eigenvalue weighted by Gasteiger charge is -1.80. The van der Waals surface area contributed by atoms with E-state index in [-0.39, 0.29) is 0 Å². The molecule has 1 aromatic heterocycles. The van der Waals surface area contributed by atoms with Crippen molar-refractivity contribution in [3.8, 4) is 0 Å². The molecule has 6 nitrogen and oxygen atoms in total. The molecule has 0 aliphatic carbocycles. The van der Waals surface area contributed by atoms with Crippen LogP contribution in [-0.2, 0) is 0 Å². The standard InChI is InChI=1S/C2H2N4O2/c7-2(8)6-4-1-3-5-6/h1H,(H,7,8). The summed E-state index contributed by atoms with van der Waals surface area (Å²) < 4.78 is 0. The molecule has 1 rings (SSSR count). The Bertz CT molecular complexity index is 180. The second kappa shape index (κ2) is 1.57. The van der Waals surface area contributed by atoms with E-state index in [2.05, 4.69) is 15.4 Å². The van der Waals surface area contributed by atoms with Crippen LogP contribution in [0.2, 0.25) is 0 Å². The molecule has 1 heterocycles. The van der Waals surface area contributed by atoms with Gasteiger partial charge >= 0.3 is 6.09 Å². The molecule has 0 radical (unpaired) electrons. The smallest absolute Gasteiger partial charge is 0.451 e. The number of hydrogen-bond donors (Lipinski definition) is 1. The molecule has 42 valence electrons. The number of aromatic nitrogens is 4. The topological polar surface area (TPSA) is 80.9 Å². The lowest BCUT2D eigenvalue weighted by molar-refractivity contribution is 0.187. The van der Waals surface area contributed by atoms with Crippen LogP contribution >= 0.6 is 0 Å². The lowest BCUT2D eigenvalue weighted by Crippen LogP contribution is -2.11. The summed E-state index contributed by atoms with van der Waals surface area (Å²) in [5.74, 6) is 0. The number of carboxylic acid groups (broad SMARTS) is 1. The van der Waals surface area contributed by atoms with Gasteiger partial charge in [-0.3, -0.25) is 0 Å². The van der Waals surface area contributed by atoms with Gasteiger partial charge in [0.05, 0.1) is 0 Å². The molecule has 0 saturated carbocycles. The van der Waals surface area contributed by atoms with Crippen LogP contribution in [0.5, 0.6) is 0 Å². The van der Waals surface area contributed by atoms with E-state index < -0.39 is 6.09 Å². The van der Waals surface area contributed by atoms with Crippen molar-refractivity contribution in [2.75, 3.05) is 0 Å². The largest absolute Gasteiger partial charge is 0.462 e. The summed E-state index contributed by atoms with van der Waals surface area (Å²) in [6, 6.07) is 0. The summed E-state index contributed by atoms with van der Waals surface area (Å²) in [6.07, 6.45) is -0.184. The number of nitrogens with zero attached hydrogens (tertiary/aromatic N) is 4. The van der Waals surface area contributed by atoms with E-state index in [1.165, 1.54) is 0 Å². The van der Waals surface area contributed by atoms with Crippen LogP contribution in [0.4, 0.5) is 4.79 Å². The Labute approximate surface area is 43.7 Å². The van der Waals surface area contributed by atoms with Gasteiger partial charge in [0.25, 0.3) is 0 Å². The second-order valence-electron chi connectivity index (χ2n) is 1.01. The van der Waals surface area contributed by atoms with Crippen molar-refractivity contribution in [3.05, 3.63) is 6.33 Å². The van der Waals surface area contributed by atoms with Crippen LogP contribution in [0, 0.1) is 0 Å². The molecular weight excluding hydrogens is 112 g/mol. The van der Waals surface area contributed by atoms with Gasteiger partial charge in [0.1, 0.15) is 0 Å². The molecule has 1 aromatic rings. The van der Waals surface area contributed by atoms with Gasteiger partial charge < -0.3 is 5.11 Å². The first-order valence-electron chi connectivity index (χ1n) is 1.77. The Morgan fingerprint density at radius 1 is 1.75 bits per heavy atom. The van der Waals surface area contributed by atoms with Crippen molar-refractivity contribution in [1.82, 2.24) is 20.2 Å². The third kappa shape index (κ3) is 0.625. The molecule has 8 heavy (non-hydrogen) atoms. The third-order valence-corrected chi connectivity index (χ3v) is 0.520. The van der Waals surface area contributed by atoms with Crippen LogP contribution in [0.3, 0.4) is 0 Å². The summed E-state index contributed by atoms with van der Waals surface area (Å²) in [7, 11) is 0. The molecule has 1 N–H and O–H groups in total. The Morgan fingerprint density at radius 3 is 2.75 bits per heavy atom. The van der Waals surface area contributed by atoms with Crippen molar-refractivity contribution >= 4 is 6.09 Å². The van der Waals surface area contributed by atoms with Gasteiger partial charge in [-0.1, -0.05) is 4.80 Å². The quantitative estimate of drug-likeness (QED) is 0.477. The van der Waals surface area contributed by atoms with E-state index in [0.29, 0.717) is 4.80 Å². The molecule has 0 aliphatic rings. The van der Waals surface area contributed by atoms with Gasteiger partial charge in [-0.25, -0.2) is 4.79 Å². The maximum absolute atomic E-state index is 9.86. The molecule has 0 bridgehead atoms. The maximum atomic E-state index is 9.86. The maximum Gasteiger partial charge on any atom is 0.451 e. The molecule has 0 unspecified atom stereocenters. The minimum Gasteiger partial charge on any atom is -0.462 e. The predicted molar refractivity (Wildman–Crippen MR) is 21.2 cm³/mol. The molecule has 0 fully saturated rings. The number of tetrazole rings is 1. The summed E-state index contributed by atoms with van der Waals surface area (Å²) in [4.78, 5) is 10.3. The van der Waals surface area contributed by atoms with Gasteiger partial charge in [0.15, 0.2) is 6.33 Å². The zero-order valence-electron chi connectivity index (χ0n) is 3.72. The fourth-order valence-electron chi connectivity index (χ4n) is 0.255. The van der Waals surface area contributed by atoms with E-state index in [4.69, 9.17) is 5.11 Å². The van der Waals surface area contributed by atoms with Crippen LogP contribution in [0.15, 0.2) is 6.33 Å². The molecule has 0 spiro atoms. The molecular formula is C2H2N4O2. The zero-order valence-corrected chi connectivity index (χ0v) is 3.72. The predicted octanol–water partition coefficient (Wildman–Crippen LogP) is -0.801. The van der Waals surface area contributed by atoms with Gasteiger partial charge in [-0.2, -0.15) is 0 Å². The zero-order chi connectivity index (χ0) is 5.98. The highest BCUT2D eigenvalue weighted by atomic mass is 16.4.